The number of H-pyrrole nitrogens is 1. The van der Waals surface area contributed by atoms with Crippen LogP contribution in [0.2, 0.25) is 0 Å². The zero-order chi connectivity index (χ0) is 21.6. The molecule has 30 heavy (non-hydrogen) atoms. The second-order valence-corrected chi connectivity index (χ2v) is 9.38. The average Bonchev–Trinajstić information content (AvgIpc) is 3.52. The van der Waals surface area contributed by atoms with Gasteiger partial charge in [0.15, 0.2) is 0 Å². The summed E-state index contributed by atoms with van der Waals surface area (Å²) in [7, 11) is -3.47. The van der Waals surface area contributed by atoms with Gasteiger partial charge in [0.2, 0.25) is 10.0 Å². The molecule has 9 heteroatoms. The van der Waals surface area contributed by atoms with E-state index in [2.05, 4.69) is 9.71 Å². The third kappa shape index (κ3) is 7.00. The Hall–Kier alpha value is -2.65. The molecular weight excluding hydrogens is 406 g/mol. The van der Waals surface area contributed by atoms with Gasteiger partial charge in [-0.25, -0.2) is 17.9 Å². The van der Waals surface area contributed by atoms with Crippen LogP contribution in [0.4, 0.5) is 0 Å². The van der Waals surface area contributed by atoms with E-state index in [1.807, 2.05) is 24.3 Å². The Morgan fingerprint density at radius 3 is 2.80 bits per heavy atom. The maximum absolute atomic E-state index is 12.4. The Balaban J connectivity index is 1.47. The van der Waals surface area contributed by atoms with E-state index < -0.39 is 21.3 Å². The highest BCUT2D eigenvalue weighted by Crippen LogP contribution is 2.30. The first kappa shape index (κ1) is 22.0. The highest BCUT2D eigenvalue weighted by molar-refractivity contribution is 7.89. The second kappa shape index (κ2) is 9.90. The molecule has 1 fully saturated rings. The minimum atomic E-state index is -3.47. The molecule has 1 aromatic heterocycles. The number of sulfonamides is 1. The Bertz CT molecular complexity index is 1100. The first-order chi connectivity index (χ1) is 14.3. The van der Waals surface area contributed by atoms with Gasteiger partial charge in [-0.1, -0.05) is 24.3 Å². The second-order valence-electron chi connectivity index (χ2n) is 7.51. The molecule has 0 aliphatic heterocycles. The van der Waals surface area contributed by atoms with Crippen molar-refractivity contribution in [1.82, 2.24) is 14.3 Å². The van der Waals surface area contributed by atoms with Crippen molar-refractivity contribution in [2.24, 2.45) is 5.92 Å². The molecule has 162 valence electrons. The molecule has 0 bridgehead atoms. The summed E-state index contributed by atoms with van der Waals surface area (Å²) in [4.78, 5) is 24.8. The lowest BCUT2D eigenvalue weighted by atomic mass is 10.1. The van der Waals surface area contributed by atoms with Crippen molar-refractivity contribution in [2.45, 2.75) is 38.8 Å². The fourth-order valence-corrected chi connectivity index (χ4v) is 4.12. The molecule has 1 aliphatic rings. The predicted molar refractivity (Wildman–Crippen MR) is 115 cm³/mol. The van der Waals surface area contributed by atoms with E-state index in [-0.39, 0.29) is 18.3 Å². The summed E-state index contributed by atoms with van der Waals surface area (Å²) < 4.78 is 34.5. The lowest BCUT2D eigenvalue weighted by Gasteiger charge is -2.15. The van der Waals surface area contributed by atoms with Crippen LogP contribution in [0.3, 0.4) is 0 Å². The lowest BCUT2D eigenvalue weighted by Crippen LogP contribution is -2.29. The van der Waals surface area contributed by atoms with E-state index in [1.54, 1.807) is 19.1 Å². The molecule has 0 radical (unpaired) electrons. The molecule has 0 spiro atoms. The first-order valence-electron chi connectivity index (χ1n) is 10.00. The van der Waals surface area contributed by atoms with Crippen LogP contribution in [0.25, 0.3) is 0 Å². The summed E-state index contributed by atoms with van der Waals surface area (Å²) in [5, 5.41) is 0. The number of hydrogen-bond acceptors (Lipinski definition) is 5. The zero-order valence-electron chi connectivity index (χ0n) is 16.9. The number of rotatable bonds is 11. The third-order valence-corrected chi connectivity index (χ3v) is 6.30. The van der Waals surface area contributed by atoms with Gasteiger partial charge in [0.1, 0.15) is 5.75 Å². The van der Waals surface area contributed by atoms with Crippen LogP contribution in [-0.4, -0.2) is 30.3 Å². The first-order valence-corrected chi connectivity index (χ1v) is 11.7. The number of ether oxygens (including phenoxy) is 1. The molecule has 8 nitrogen and oxygen atoms in total. The van der Waals surface area contributed by atoms with Gasteiger partial charge in [-0.15, -0.1) is 0 Å². The smallest absolute Gasteiger partial charge is 0.328 e. The largest absolute Gasteiger partial charge is 0.493 e. The van der Waals surface area contributed by atoms with Crippen molar-refractivity contribution in [3.05, 3.63) is 75.1 Å². The molecule has 1 heterocycles. The number of nitrogens with zero attached hydrogens (tertiary/aromatic N) is 1. The number of benzene rings is 1. The summed E-state index contributed by atoms with van der Waals surface area (Å²) in [6.07, 6.45) is 7.53. The van der Waals surface area contributed by atoms with Crippen molar-refractivity contribution >= 4 is 10.0 Å². The minimum Gasteiger partial charge on any atom is -0.493 e. The van der Waals surface area contributed by atoms with Gasteiger partial charge in [0.25, 0.3) is 5.56 Å². The number of aromatic amines is 1. The summed E-state index contributed by atoms with van der Waals surface area (Å²) >= 11 is 0. The molecule has 0 unspecified atom stereocenters. The Labute approximate surface area is 175 Å². The van der Waals surface area contributed by atoms with Crippen molar-refractivity contribution < 1.29 is 13.2 Å². The van der Waals surface area contributed by atoms with E-state index in [0.29, 0.717) is 18.9 Å². The van der Waals surface area contributed by atoms with Crippen molar-refractivity contribution in [3.8, 4) is 5.75 Å². The van der Waals surface area contributed by atoms with Gasteiger partial charge in [0, 0.05) is 24.8 Å². The number of aromatic nitrogens is 2. The third-order valence-electron chi connectivity index (χ3n) is 4.82. The van der Waals surface area contributed by atoms with E-state index in [1.165, 1.54) is 29.7 Å². The highest BCUT2D eigenvalue weighted by atomic mass is 32.2. The molecule has 3 rings (SSSR count). The molecule has 1 aliphatic carbocycles. The average molecular weight is 434 g/mol. The SMILES string of the molecule is C[C@@H](NS(=O)(=O)CCC=CCn1ccc(=O)[nH]c1=O)c1cccc(OCC2CC2)c1. The normalized spacial score (nSPS) is 15.4. The van der Waals surface area contributed by atoms with Gasteiger partial charge in [-0.2, -0.15) is 0 Å². The lowest BCUT2D eigenvalue weighted by molar-refractivity contribution is 0.299. The van der Waals surface area contributed by atoms with Crippen LogP contribution in [0.15, 0.2) is 58.3 Å². The predicted octanol–water partition coefficient (Wildman–Crippen LogP) is 1.95. The topological polar surface area (TPSA) is 110 Å². The summed E-state index contributed by atoms with van der Waals surface area (Å²) in [5.74, 6) is 1.35. The van der Waals surface area contributed by atoms with Crippen molar-refractivity contribution in [3.63, 3.8) is 0 Å². The van der Waals surface area contributed by atoms with Crippen molar-refractivity contribution in [1.29, 1.82) is 0 Å². The fourth-order valence-electron chi connectivity index (χ4n) is 2.89. The van der Waals surface area contributed by atoms with Gasteiger partial charge < -0.3 is 4.74 Å². The van der Waals surface area contributed by atoms with Crippen LogP contribution in [0, 0.1) is 5.92 Å². The summed E-state index contributed by atoms with van der Waals surface area (Å²) in [5.41, 5.74) is -0.106. The Morgan fingerprint density at radius 2 is 2.07 bits per heavy atom. The van der Waals surface area contributed by atoms with Crippen molar-refractivity contribution in [2.75, 3.05) is 12.4 Å². The molecule has 2 aromatic rings. The molecule has 2 N–H and O–H groups in total. The number of allylic oxidation sites excluding steroid dienone is 2. The number of hydrogen-bond donors (Lipinski definition) is 2. The maximum Gasteiger partial charge on any atom is 0.328 e. The molecule has 0 amide bonds. The number of nitrogens with one attached hydrogen (secondary N) is 2. The molecule has 0 saturated heterocycles. The van der Waals surface area contributed by atoms with E-state index in [9.17, 15) is 18.0 Å². The molecular formula is C21H27N3O5S. The highest BCUT2D eigenvalue weighted by Gasteiger charge is 2.22. The van der Waals surface area contributed by atoms with E-state index in [4.69, 9.17) is 4.74 Å². The van der Waals surface area contributed by atoms with Crippen LogP contribution in [0.1, 0.15) is 37.8 Å². The van der Waals surface area contributed by atoms with Crippen LogP contribution >= 0.6 is 0 Å². The van der Waals surface area contributed by atoms with Gasteiger partial charge in [-0.05, 0) is 49.8 Å². The van der Waals surface area contributed by atoms with Gasteiger partial charge >= 0.3 is 5.69 Å². The summed E-state index contributed by atoms with van der Waals surface area (Å²) in [6, 6.07) is 8.38. The van der Waals surface area contributed by atoms with Crippen LogP contribution < -0.4 is 20.7 Å². The maximum atomic E-state index is 12.4. The van der Waals surface area contributed by atoms with Crippen LogP contribution in [-0.2, 0) is 16.6 Å². The van der Waals surface area contributed by atoms with Gasteiger partial charge in [0.05, 0.1) is 12.4 Å². The quantitative estimate of drug-likeness (QED) is 0.526. The molecule has 1 atom stereocenters. The summed E-state index contributed by atoms with van der Waals surface area (Å²) in [6.45, 7) is 2.77. The monoisotopic (exact) mass is 433 g/mol. The Morgan fingerprint density at radius 1 is 1.27 bits per heavy atom. The van der Waals surface area contributed by atoms with E-state index >= 15 is 0 Å². The zero-order valence-corrected chi connectivity index (χ0v) is 17.7. The van der Waals surface area contributed by atoms with Gasteiger partial charge in [-0.3, -0.25) is 14.3 Å². The molecule has 1 saturated carbocycles. The fraction of sp³-hybridized carbons (Fsp3) is 0.429. The molecule has 1 aromatic carbocycles. The van der Waals surface area contributed by atoms with Crippen LogP contribution in [0.5, 0.6) is 5.75 Å². The standard InChI is InChI=1S/C21H27N3O5S/c1-16(18-6-5-7-19(14-18)29-15-17-8-9-17)23-30(27,28)13-4-2-3-11-24-12-10-20(25)22-21(24)26/h2-3,5-7,10,12,14,16-17,23H,4,8-9,11,13,15H2,1H3,(H,22,25,26)/t16-/m1/s1. The Kier molecular flexibility index (Phi) is 7.28. The minimum absolute atomic E-state index is 0.0633. The van der Waals surface area contributed by atoms with E-state index in [0.717, 1.165) is 11.3 Å².